The third kappa shape index (κ3) is 3.65. The zero-order valence-electron chi connectivity index (χ0n) is 10.7. The second-order valence-electron chi connectivity index (χ2n) is 4.79. The Balaban J connectivity index is 2.29. The lowest BCUT2D eigenvalue weighted by Gasteiger charge is -2.21. The van der Waals surface area contributed by atoms with Crippen molar-refractivity contribution in [1.29, 1.82) is 0 Å². The molecule has 1 aromatic rings. The van der Waals surface area contributed by atoms with Crippen LogP contribution in [0.3, 0.4) is 0 Å². The number of carbonyl (C=O) groups excluding carboxylic acids is 1. The van der Waals surface area contributed by atoms with Crippen LogP contribution in [-0.2, 0) is 6.18 Å². The van der Waals surface area contributed by atoms with Crippen molar-refractivity contribution < 1.29 is 18.0 Å². The molecule has 0 radical (unpaired) electrons. The Morgan fingerprint density at radius 2 is 1.90 bits per heavy atom. The van der Waals surface area contributed by atoms with Gasteiger partial charge in [-0.3, -0.25) is 4.79 Å². The summed E-state index contributed by atoms with van der Waals surface area (Å²) in [7, 11) is 0. The van der Waals surface area contributed by atoms with Gasteiger partial charge in [-0.05, 0) is 25.0 Å². The van der Waals surface area contributed by atoms with E-state index in [1.807, 2.05) is 0 Å². The number of hydrogen-bond donors (Lipinski definition) is 1. The molecule has 1 amide bonds. The molecular weight excluding hydrogens is 289 g/mol. The number of nitrogens with two attached hydrogens (primary N) is 1. The fraction of sp³-hybridized carbons (Fsp3) is 0.538. The highest BCUT2D eigenvalue weighted by atomic mass is 32.2. The lowest BCUT2D eigenvalue weighted by molar-refractivity contribution is -0.141. The molecule has 0 spiro atoms. The molecule has 20 heavy (non-hydrogen) atoms. The van der Waals surface area contributed by atoms with Crippen molar-refractivity contribution >= 4 is 17.7 Å². The summed E-state index contributed by atoms with van der Waals surface area (Å²) in [5.41, 5.74) is 4.28. The number of nitrogens with zero attached hydrogens (tertiary/aromatic N) is 1. The smallest absolute Gasteiger partial charge is 0.366 e. The summed E-state index contributed by atoms with van der Waals surface area (Å²) in [5, 5.41) is 0.303. The molecule has 7 heteroatoms. The number of alkyl halides is 3. The number of amides is 1. The predicted molar refractivity (Wildman–Crippen MR) is 70.5 cm³/mol. The van der Waals surface area contributed by atoms with Crippen LogP contribution in [0.5, 0.6) is 0 Å². The van der Waals surface area contributed by atoms with E-state index in [-0.39, 0.29) is 15.8 Å². The van der Waals surface area contributed by atoms with Crippen LogP contribution in [0.4, 0.5) is 13.2 Å². The van der Waals surface area contributed by atoms with Crippen molar-refractivity contribution in [2.45, 2.75) is 48.6 Å². The van der Waals surface area contributed by atoms with Gasteiger partial charge in [-0.15, -0.1) is 11.8 Å². The zero-order valence-corrected chi connectivity index (χ0v) is 11.6. The van der Waals surface area contributed by atoms with Crippen LogP contribution in [0.2, 0.25) is 0 Å². The Morgan fingerprint density at radius 3 is 2.45 bits per heavy atom. The monoisotopic (exact) mass is 304 g/mol. The molecule has 110 valence electrons. The van der Waals surface area contributed by atoms with Gasteiger partial charge in [-0.1, -0.05) is 19.3 Å². The molecule has 1 aromatic heterocycles. The van der Waals surface area contributed by atoms with E-state index >= 15 is 0 Å². The van der Waals surface area contributed by atoms with Crippen molar-refractivity contribution in [3.8, 4) is 0 Å². The minimum absolute atomic E-state index is 0.0635. The quantitative estimate of drug-likeness (QED) is 0.928. The van der Waals surface area contributed by atoms with E-state index in [0.717, 1.165) is 44.2 Å². The minimum atomic E-state index is -4.52. The first kappa shape index (κ1) is 15.2. The highest BCUT2D eigenvalue weighted by molar-refractivity contribution is 7.99. The summed E-state index contributed by atoms with van der Waals surface area (Å²) in [5.74, 6) is -0.746. The van der Waals surface area contributed by atoms with E-state index in [0.29, 0.717) is 0 Å². The summed E-state index contributed by atoms with van der Waals surface area (Å²) in [6.07, 6.45) is 0.612. The fourth-order valence-corrected chi connectivity index (χ4v) is 3.55. The number of aromatic nitrogens is 1. The Bertz CT molecular complexity index is 499. The van der Waals surface area contributed by atoms with Gasteiger partial charge in [0.15, 0.2) is 0 Å². The third-order valence-corrected chi connectivity index (χ3v) is 4.59. The van der Waals surface area contributed by atoms with Crippen LogP contribution in [0, 0.1) is 0 Å². The molecule has 0 bridgehead atoms. The Morgan fingerprint density at radius 1 is 1.25 bits per heavy atom. The van der Waals surface area contributed by atoms with Gasteiger partial charge < -0.3 is 5.73 Å². The summed E-state index contributed by atoms with van der Waals surface area (Å²) < 4.78 is 38.1. The Labute approximate surface area is 119 Å². The number of pyridine rings is 1. The van der Waals surface area contributed by atoms with Crippen molar-refractivity contribution in [2.24, 2.45) is 5.73 Å². The van der Waals surface area contributed by atoms with E-state index in [1.54, 1.807) is 0 Å². The average Bonchev–Trinajstić information content (AvgIpc) is 2.38. The molecular formula is C13H15F3N2OS. The maximum Gasteiger partial charge on any atom is 0.433 e. The first-order valence-electron chi connectivity index (χ1n) is 6.42. The van der Waals surface area contributed by atoms with E-state index in [4.69, 9.17) is 5.73 Å². The molecule has 1 aliphatic carbocycles. The molecule has 2 N–H and O–H groups in total. The van der Waals surface area contributed by atoms with Crippen molar-refractivity contribution in [2.75, 3.05) is 0 Å². The highest BCUT2D eigenvalue weighted by Crippen LogP contribution is 2.36. The average molecular weight is 304 g/mol. The summed E-state index contributed by atoms with van der Waals surface area (Å²) in [6.45, 7) is 0. The highest BCUT2D eigenvalue weighted by Gasteiger charge is 2.33. The van der Waals surface area contributed by atoms with Gasteiger partial charge in [0.1, 0.15) is 10.7 Å². The van der Waals surface area contributed by atoms with Gasteiger partial charge in [0.2, 0.25) is 0 Å². The normalized spacial score (nSPS) is 17.1. The second kappa shape index (κ2) is 6.03. The van der Waals surface area contributed by atoms with Gasteiger partial charge in [-0.25, -0.2) is 4.98 Å². The van der Waals surface area contributed by atoms with Gasteiger partial charge in [-0.2, -0.15) is 13.2 Å². The van der Waals surface area contributed by atoms with Gasteiger partial charge in [0.25, 0.3) is 5.91 Å². The maximum absolute atomic E-state index is 12.7. The Hall–Kier alpha value is -1.24. The number of primary amides is 1. The largest absolute Gasteiger partial charge is 0.433 e. The van der Waals surface area contributed by atoms with E-state index in [9.17, 15) is 18.0 Å². The van der Waals surface area contributed by atoms with E-state index in [1.165, 1.54) is 11.8 Å². The molecule has 1 aliphatic rings. The lowest BCUT2D eigenvalue weighted by Crippen LogP contribution is -2.17. The zero-order chi connectivity index (χ0) is 14.8. The number of thioether (sulfide) groups is 1. The lowest BCUT2D eigenvalue weighted by atomic mass is 10.0. The topological polar surface area (TPSA) is 56.0 Å². The molecule has 0 aromatic carbocycles. The number of carbonyl (C=O) groups is 1. The molecule has 3 nitrogen and oxygen atoms in total. The van der Waals surface area contributed by atoms with Crippen molar-refractivity contribution in [3.63, 3.8) is 0 Å². The standard InChI is InChI=1S/C13H15F3N2OS/c14-13(15,16)10-7-6-9(11(17)19)12(18-10)20-8-4-2-1-3-5-8/h6-8H,1-5H2,(H2,17,19). The van der Waals surface area contributed by atoms with Crippen molar-refractivity contribution in [1.82, 2.24) is 4.98 Å². The number of hydrogen-bond acceptors (Lipinski definition) is 3. The van der Waals surface area contributed by atoms with Crippen LogP contribution in [0.25, 0.3) is 0 Å². The molecule has 0 unspecified atom stereocenters. The SMILES string of the molecule is NC(=O)c1ccc(C(F)(F)F)nc1SC1CCCCC1. The summed E-state index contributed by atoms with van der Waals surface area (Å²) in [6, 6.07) is 1.91. The van der Waals surface area contributed by atoms with Gasteiger partial charge in [0.05, 0.1) is 5.56 Å². The van der Waals surface area contributed by atoms with E-state index in [2.05, 4.69) is 4.98 Å². The number of rotatable bonds is 3. The second-order valence-corrected chi connectivity index (χ2v) is 6.08. The van der Waals surface area contributed by atoms with Gasteiger partial charge >= 0.3 is 6.18 Å². The molecule has 2 rings (SSSR count). The molecule has 1 fully saturated rings. The van der Waals surface area contributed by atoms with Gasteiger partial charge in [0, 0.05) is 5.25 Å². The molecule has 0 saturated heterocycles. The predicted octanol–water partition coefficient (Wildman–Crippen LogP) is 3.62. The maximum atomic E-state index is 12.7. The molecule has 1 saturated carbocycles. The first-order chi connectivity index (χ1) is 9.38. The molecule has 0 atom stereocenters. The molecule has 1 heterocycles. The summed E-state index contributed by atoms with van der Waals surface area (Å²) in [4.78, 5) is 14.9. The summed E-state index contributed by atoms with van der Waals surface area (Å²) >= 11 is 1.24. The van der Waals surface area contributed by atoms with Crippen LogP contribution < -0.4 is 5.73 Å². The Kier molecular flexibility index (Phi) is 4.57. The van der Waals surface area contributed by atoms with Crippen LogP contribution in [-0.4, -0.2) is 16.1 Å². The minimum Gasteiger partial charge on any atom is -0.366 e. The van der Waals surface area contributed by atoms with Crippen LogP contribution >= 0.6 is 11.8 Å². The third-order valence-electron chi connectivity index (χ3n) is 3.25. The number of halogens is 3. The fourth-order valence-electron chi connectivity index (χ4n) is 2.22. The van der Waals surface area contributed by atoms with Crippen LogP contribution in [0.1, 0.15) is 48.2 Å². The van der Waals surface area contributed by atoms with E-state index < -0.39 is 17.8 Å². The van der Waals surface area contributed by atoms with Crippen LogP contribution in [0.15, 0.2) is 17.2 Å². The molecule has 0 aliphatic heterocycles. The van der Waals surface area contributed by atoms with Crippen molar-refractivity contribution in [3.05, 3.63) is 23.4 Å². The first-order valence-corrected chi connectivity index (χ1v) is 7.30.